The number of nitrogens with zero attached hydrogens (tertiary/aromatic N) is 12. The largest absolute Gasteiger partial charge is 0.226 e. The van der Waals surface area contributed by atoms with Crippen molar-refractivity contribution in [3.63, 3.8) is 0 Å². The summed E-state index contributed by atoms with van der Waals surface area (Å²) in [4.78, 5) is 3.14. The Hall–Kier alpha value is -4.30. The van der Waals surface area contributed by atoms with Crippen LogP contribution >= 0.6 is 21.6 Å². The Kier molecular flexibility index (Phi) is 7.64. The maximum atomic E-state index is 4.77. The first kappa shape index (κ1) is 27.8. The summed E-state index contributed by atoms with van der Waals surface area (Å²) in [5, 5.41) is 37.4. The number of tetrazole rings is 2. The van der Waals surface area contributed by atoms with Gasteiger partial charge in [-0.2, -0.15) is 19.8 Å². The van der Waals surface area contributed by atoms with Gasteiger partial charge in [-0.15, -0.1) is 20.4 Å². The van der Waals surface area contributed by atoms with E-state index in [0.29, 0.717) is 24.7 Å². The zero-order valence-electron chi connectivity index (χ0n) is 24.2. The summed E-state index contributed by atoms with van der Waals surface area (Å²) < 4.78 is 3.85. The predicted octanol–water partition coefficient (Wildman–Crippen LogP) is 5.44. The Morgan fingerprint density at radius 1 is 0.595 bits per heavy atom. The van der Waals surface area contributed by atoms with Crippen LogP contribution < -0.4 is 0 Å². The van der Waals surface area contributed by atoms with E-state index in [2.05, 4.69) is 94.9 Å². The number of hydrogen-bond donors (Lipinski definition) is 0. The van der Waals surface area contributed by atoms with Crippen molar-refractivity contribution in [2.75, 3.05) is 0 Å². The topological polar surface area (TPSA) is 123 Å². The fraction of sp³-hybridized carbons (Fsp3) is 0.286. The average Bonchev–Trinajstić information content (AvgIpc) is 3.80. The number of aromatic nitrogens is 12. The highest BCUT2D eigenvalue weighted by Gasteiger charge is 2.24. The van der Waals surface area contributed by atoms with Crippen LogP contribution in [0.15, 0.2) is 58.8 Å². The van der Waals surface area contributed by atoms with Crippen molar-refractivity contribution >= 4 is 21.6 Å². The molecule has 0 bridgehead atoms. The third-order valence-corrected chi connectivity index (χ3v) is 9.45. The minimum Gasteiger partial charge on any atom is -0.226 e. The van der Waals surface area contributed by atoms with Crippen molar-refractivity contribution in [2.24, 2.45) is 0 Å². The van der Waals surface area contributed by atoms with E-state index in [1.54, 1.807) is 43.6 Å². The van der Waals surface area contributed by atoms with Gasteiger partial charge < -0.3 is 0 Å². The van der Waals surface area contributed by atoms with Crippen molar-refractivity contribution in [1.29, 1.82) is 0 Å². The Labute approximate surface area is 250 Å². The molecule has 4 heterocycles. The van der Waals surface area contributed by atoms with Crippen LogP contribution in [0.4, 0.5) is 0 Å². The summed E-state index contributed by atoms with van der Waals surface area (Å²) in [6, 6.07) is 12.6. The Morgan fingerprint density at radius 2 is 1.02 bits per heavy atom. The van der Waals surface area contributed by atoms with E-state index >= 15 is 0 Å². The second-order valence-corrected chi connectivity index (χ2v) is 12.0. The summed E-state index contributed by atoms with van der Waals surface area (Å²) in [5.74, 6) is 1.04. The van der Waals surface area contributed by atoms with E-state index < -0.39 is 0 Å². The molecule has 0 saturated heterocycles. The molecule has 0 N–H and O–H groups in total. The Bertz CT molecular complexity index is 1740. The van der Waals surface area contributed by atoms with Crippen LogP contribution in [-0.4, -0.2) is 60.0 Å². The third-order valence-electron chi connectivity index (χ3n) is 7.07. The Morgan fingerprint density at radius 3 is 1.38 bits per heavy atom. The standard InChI is InChI=1S/C28H30N12S2/c1-7-37-33-25(31-35-37)23-15-29-39(21-11-9-17(3)19(5)13-21)27(23)41-42-28-24(26-32-36-38(8-2)34-26)16-30-40(28)22-12-10-18(4)20(6)14-22/h9-16H,7-8H2,1-6H3. The normalized spacial score (nSPS) is 11.5. The van der Waals surface area contributed by atoms with Gasteiger partial charge in [0.05, 0.1) is 48.0 Å². The van der Waals surface area contributed by atoms with Crippen LogP contribution in [0.25, 0.3) is 34.2 Å². The molecule has 0 saturated carbocycles. The first-order valence-electron chi connectivity index (χ1n) is 13.6. The van der Waals surface area contributed by atoms with Gasteiger partial charge in [-0.05, 0) is 120 Å². The van der Waals surface area contributed by atoms with E-state index in [9.17, 15) is 0 Å². The molecule has 0 aliphatic heterocycles. The lowest BCUT2D eigenvalue weighted by Crippen LogP contribution is -2.01. The zero-order valence-corrected chi connectivity index (χ0v) is 25.8. The smallest absolute Gasteiger partial charge is 0.209 e. The summed E-state index contributed by atoms with van der Waals surface area (Å²) in [7, 11) is 3.10. The van der Waals surface area contributed by atoms with Gasteiger partial charge in [0.25, 0.3) is 0 Å². The fourth-order valence-corrected chi connectivity index (χ4v) is 6.78. The zero-order chi connectivity index (χ0) is 29.4. The van der Waals surface area contributed by atoms with E-state index in [1.165, 1.54) is 22.3 Å². The monoisotopic (exact) mass is 598 g/mol. The fourth-order valence-electron chi connectivity index (χ4n) is 4.27. The first-order valence-corrected chi connectivity index (χ1v) is 15.7. The van der Waals surface area contributed by atoms with Crippen molar-refractivity contribution in [3.05, 3.63) is 71.0 Å². The lowest BCUT2D eigenvalue weighted by Gasteiger charge is -2.12. The van der Waals surface area contributed by atoms with Gasteiger partial charge in [0.2, 0.25) is 11.6 Å². The number of hydrogen-bond acceptors (Lipinski definition) is 10. The van der Waals surface area contributed by atoms with Crippen LogP contribution in [0.1, 0.15) is 36.1 Å². The van der Waals surface area contributed by atoms with Crippen LogP contribution in [-0.2, 0) is 13.1 Å². The summed E-state index contributed by atoms with van der Waals surface area (Å²) in [6.07, 6.45) is 3.59. The second kappa shape index (κ2) is 11.5. The number of benzene rings is 2. The van der Waals surface area contributed by atoms with E-state index in [-0.39, 0.29) is 0 Å². The number of rotatable bonds is 9. The maximum Gasteiger partial charge on any atom is 0.209 e. The predicted molar refractivity (Wildman–Crippen MR) is 163 cm³/mol. The molecule has 6 aromatic rings. The van der Waals surface area contributed by atoms with Gasteiger partial charge in [0, 0.05) is 0 Å². The highest BCUT2D eigenvalue weighted by Crippen LogP contribution is 2.45. The molecule has 0 amide bonds. The molecular formula is C28H30N12S2. The lowest BCUT2D eigenvalue weighted by atomic mass is 10.1. The van der Waals surface area contributed by atoms with Gasteiger partial charge in [0.15, 0.2) is 0 Å². The lowest BCUT2D eigenvalue weighted by molar-refractivity contribution is 0.552. The van der Waals surface area contributed by atoms with Crippen LogP contribution in [0.5, 0.6) is 0 Å². The number of aryl methyl sites for hydroxylation is 6. The molecule has 14 heteroatoms. The molecule has 0 radical (unpaired) electrons. The molecule has 12 nitrogen and oxygen atoms in total. The van der Waals surface area contributed by atoms with Gasteiger partial charge in [-0.1, -0.05) is 12.1 Å². The third kappa shape index (κ3) is 5.23. The molecule has 214 valence electrons. The quantitative estimate of drug-likeness (QED) is 0.199. The molecule has 0 fully saturated rings. The van der Waals surface area contributed by atoms with E-state index in [4.69, 9.17) is 10.2 Å². The molecule has 0 spiro atoms. The molecule has 0 aliphatic rings. The first-order chi connectivity index (χ1) is 20.4. The van der Waals surface area contributed by atoms with Crippen molar-refractivity contribution in [1.82, 2.24) is 60.0 Å². The molecule has 42 heavy (non-hydrogen) atoms. The van der Waals surface area contributed by atoms with Crippen molar-refractivity contribution < 1.29 is 0 Å². The Balaban J connectivity index is 1.46. The molecule has 6 rings (SSSR count). The molecular weight excluding hydrogens is 569 g/mol. The van der Waals surface area contributed by atoms with Gasteiger partial charge in [-0.3, -0.25) is 0 Å². The molecule has 0 unspecified atom stereocenters. The second-order valence-electron chi connectivity index (χ2n) is 9.86. The summed E-state index contributed by atoms with van der Waals surface area (Å²) >= 11 is 0. The minimum absolute atomic E-state index is 0.519. The molecule has 4 aromatic heterocycles. The van der Waals surface area contributed by atoms with Crippen LogP contribution in [0.3, 0.4) is 0 Å². The summed E-state index contributed by atoms with van der Waals surface area (Å²) in [6.45, 7) is 13.6. The van der Waals surface area contributed by atoms with E-state index in [0.717, 1.165) is 32.6 Å². The average molecular weight is 599 g/mol. The highest BCUT2D eigenvalue weighted by atomic mass is 33.1. The maximum absolute atomic E-state index is 4.77. The van der Waals surface area contributed by atoms with Crippen LogP contribution in [0.2, 0.25) is 0 Å². The van der Waals surface area contributed by atoms with Crippen LogP contribution in [0, 0.1) is 27.7 Å². The molecule has 2 aromatic carbocycles. The highest BCUT2D eigenvalue weighted by molar-refractivity contribution is 8.76. The van der Waals surface area contributed by atoms with E-state index in [1.807, 2.05) is 23.2 Å². The van der Waals surface area contributed by atoms with Gasteiger partial charge in [-0.25, -0.2) is 9.36 Å². The minimum atomic E-state index is 0.519. The molecule has 0 aliphatic carbocycles. The SMILES string of the molecule is CCn1nnc(-c2cnn(-c3ccc(C)c(C)c3)c2SSc2c(-c3nnn(CC)n3)cnn2-c2ccc(C)c(C)c2)n1. The summed E-state index contributed by atoms with van der Waals surface area (Å²) in [5.41, 5.74) is 8.29. The van der Waals surface area contributed by atoms with Gasteiger partial charge in [0.1, 0.15) is 10.1 Å². The van der Waals surface area contributed by atoms with Crippen molar-refractivity contribution in [3.8, 4) is 34.2 Å². The van der Waals surface area contributed by atoms with Crippen molar-refractivity contribution in [2.45, 2.75) is 64.7 Å². The molecule has 0 atom stereocenters. The van der Waals surface area contributed by atoms with Gasteiger partial charge >= 0.3 is 0 Å².